The smallest absolute Gasteiger partial charge is 0.461 e. The quantitative estimate of drug-likeness (QED) is 0.774. The molecule has 10 heteroatoms. The van der Waals surface area contributed by atoms with Crippen LogP contribution in [0.3, 0.4) is 0 Å². The standard InChI is InChI=1S/C15H13F3N2O5/c1-3-23-12(21)10-7-14(25-19-10)9-6-8(24-15(16,17)18)4-5-11(9)20(2)13(14)22/h4-6H,3,7H2,1-2H3. The first-order valence-electron chi connectivity index (χ1n) is 7.28. The molecule has 0 aliphatic carbocycles. The van der Waals surface area contributed by atoms with E-state index in [9.17, 15) is 22.8 Å². The molecule has 134 valence electrons. The molecule has 1 atom stereocenters. The Bertz CT molecular complexity index is 777. The number of amides is 1. The van der Waals surface area contributed by atoms with Crippen LogP contribution in [0.2, 0.25) is 0 Å². The van der Waals surface area contributed by atoms with E-state index in [1.54, 1.807) is 6.92 Å². The van der Waals surface area contributed by atoms with Crippen LogP contribution in [0.4, 0.5) is 18.9 Å². The number of esters is 1. The molecule has 2 aliphatic heterocycles. The molecule has 2 heterocycles. The van der Waals surface area contributed by atoms with Gasteiger partial charge in [0.15, 0.2) is 5.71 Å². The number of carbonyl (C=O) groups is 2. The second-order valence-corrected chi connectivity index (χ2v) is 5.44. The molecule has 0 N–H and O–H groups in total. The SMILES string of the molecule is CCOC(=O)C1=NOC2(C1)C(=O)N(C)c1ccc(OC(F)(F)F)cc12. The zero-order valence-electron chi connectivity index (χ0n) is 13.2. The molecule has 3 rings (SSSR count). The highest BCUT2D eigenvalue weighted by Crippen LogP contribution is 2.48. The zero-order chi connectivity index (χ0) is 18.4. The van der Waals surface area contributed by atoms with Gasteiger partial charge < -0.3 is 19.2 Å². The van der Waals surface area contributed by atoms with Gasteiger partial charge in [0.25, 0.3) is 5.91 Å². The average molecular weight is 358 g/mol. The summed E-state index contributed by atoms with van der Waals surface area (Å²) in [5, 5.41) is 3.61. The van der Waals surface area contributed by atoms with E-state index >= 15 is 0 Å². The summed E-state index contributed by atoms with van der Waals surface area (Å²) in [6.07, 6.45) is -5.11. The lowest BCUT2D eigenvalue weighted by atomic mass is 9.90. The number of ether oxygens (including phenoxy) is 2. The van der Waals surface area contributed by atoms with Crippen molar-refractivity contribution in [1.29, 1.82) is 0 Å². The molecule has 1 aromatic rings. The summed E-state index contributed by atoms with van der Waals surface area (Å²) in [7, 11) is 1.45. The van der Waals surface area contributed by atoms with Gasteiger partial charge in [-0.1, -0.05) is 5.16 Å². The van der Waals surface area contributed by atoms with Gasteiger partial charge in [0.05, 0.1) is 18.7 Å². The number of nitrogens with zero attached hydrogens (tertiary/aromatic N) is 2. The molecule has 1 amide bonds. The van der Waals surface area contributed by atoms with Gasteiger partial charge in [-0.3, -0.25) is 4.79 Å². The highest BCUT2D eigenvalue weighted by Gasteiger charge is 2.57. The number of hydrogen-bond donors (Lipinski definition) is 0. The summed E-state index contributed by atoms with van der Waals surface area (Å²) < 4.78 is 46.1. The Morgan fingerprint density at radius 1 is 1.44 bits per heavy atom. The molecule has 1 spiro atoms. The Morgan fingerprint density at radius 2 is 2.16 bits per heavy atom. The number of oxime groups is 1. The third-order valence-corrected chi connectivity index (χ3v) is 3.89. The highest BCUT2D eigenvalue weighted by atomic mass is 19.4. The van der Waals surface area contributed by atoms with E-state index in [4.69, 9.17) is 9.57 Å². The van der Waals surface area contributed by atoms with Gasteiger partial charge in [-0.15, -0.1) is 13.2 Å². The normalized spacial score (nSPS) is 21.9. The van der Waals surface area contributed by atoms with E-state index in [1.165, 1.54) is 18.0 Å². The largest absolute Gasteiger partial charge is 0.573 e. The van der Waals surface area contributed by atoms with Crippen molar-refractivity contribution in [2.75, 3.05) is 18.6 Å². The van der Waals surface area contributed by atoms with Crippen molar-refractivity contribution in [3.63, 3.8) is 0 Å². The molecule has 2 aliphatic rings. The third-order valence-electron chi connectivity index (χ3n) is 3.89. The number of benzene rings is 1. The van der Waals surface area contributed by atoms with Crippen molar-refractivity contribution >= 4 is 23.3 Å². The molecule has 7 nitrogen and oxygen atoms in total. The minimum absolute atomic E-state index is 0.110. The van der Waals surface area contributed by atoms with Gasteiger partial charge in [-0.2, -0.15) is 0 Å². The van der Waals surface area contributed by atoms with E-state index < -0.39 is 29.6 Å². The van der Waals surface area contributed by atoms with E-state index in [2.05, 4.69) is 9.89 Å². The number of alkyl halides is 3. The summed E-state index contributed by atoms with van der Waals surface area (Å²) in [6, 6.07) is 3.47. The molecular formula is C15H13F3N2O5. The molecule has 0 saturated heterocycles. The van der Waals surface area contributed by atoms with E-state index in [1.807, 2.05) is 0 Å². The van der Waals surface area contributed by atoms with E-state index in [-0.39, 0.29) is 24.3 Å². The molecule has 25 heavy (non-hydrogen) atoms. The monoisotopic (exact) mass is 358 g/mol. The molecular weight excluding hydrogens is 345 g/mol. The lowest BCUT2D eigenvalue weighted by Crippen LogP contribution is -2.39. The molecule has 1 unspecified atom stereocenters. The van der Waals surface area contributed by atoms with Gasteiger partial charge in [-0.05, 0) is 25.1 Å². The maximum atomic E-state index is 12.6. The third kappa shape index (κ3) is 2.77. The number of hydrogen-bond acceptors (Lipinski definition) is 6. The number of likely N-dealkylation sites (N-methyl/N-ethyl adjacent to an activating group) is 1. The topological polar surface area (TPSA) is 77.4 Å². The minimum atomic E-state index is -4.88. The highest BCUT2D eigenvalue weighted by molar-refractivity contribution is 6.38. The molecule has 0 saturated carbocycles. The first-order valence-corrected chi connectivity index (χ1v) is 7.28. The number of carbonyl (C=O) groups excluding carboxylic acids is 2. The first kappa shape index (κ1) is 17.1. The number of rotatable bonds is 3. The van der Waals surface area contributed by atoms with Crippen molar-refractivity contribution in [3.8, 4) is 5.75 Å². The van der Waals surface area contributed by atoms with E-state index in [0.29, 0.717) is 5.69 Å². The second kappa shape index (κ2) is 5.64. The van der Waals surface area contributed by atoms with Gasteiger partial charge in [-0.25, -0.2) is 4.79 Å². The van der Waals surface area contributed by atoms with Gasteiger partial charge >= 0.3 is 12.3 Å². The number of halogens is 3. The average Bonchev–Trinajstić information content (AvgIpc) is 3.05. The fourth-order valence-electron chi connectivity index (χ4n) is 2.84. The van der Waals surface area contributed by atoms with Crippen LogP contribution in [0.25, 0.3) is 0 Å². The Kier molecular flexibility index (Phi) is 3.85. The number of fused-ring (bicyclic) bond motifs is 2. The van der Waals surface area contributed by atoms with Crippen molar-refractivity contribution < 1.29 is 37.1 Å². The Morgan fingerprint density at radius 3 is 2.80 bits per heavy atom. The predicted octanol–water partition coefficient (Wildman–Crippen LogP) is 2.10. The lowest BCUT2D eigenvalue weighted by Gasteiger charge is -2.20. The van der Waals surface area contributed by atoms with Crippen molar-refractivity contribution in [2.45, 2.75) is 25.3 Å². The van der Waals surface area contributed by atoms with Crippen molar-refractivity contribution in [3.05, 3.63) is 23.8 Å². The van der Waals surface area contributed by atoms with Crippen LogP contribution in [0, 0.1) is 0 Å². The van der Waals surface area contributed by atoms with Crippen LogP contribution in [0.1, 0.15) is 18.9 Å². The van der Waals surface area contributed by atoms with Crippen LogP contribution >= 0.6 is 0 Å². The summed E-state index contributed by atoms with van der Waals surface area (Å²) >= 11 is 0. The lowest BCUT2D eigenvalue weighted by molar-refractivity contribution is -0.274. The van der Waals surface area contributed by atoms with Crippen LogP contribution in [-0.4, -0.2) is 37.6 Å². The Hall–Kier alpha value is -2.78. The fourth-order valence-corrected chi connectivity index (χ4v) is 2.84. The second-order valence-electron chi connectivity index (χ2n) is 5.44. The summed E-state index contributed by atoms with van der Waals surface area (Å²) in [6.45, 7) is 1.72. The predicted molar refractivity (Wildman–Crippen MR) is 78.0 cm³/mol. The molecule has 1 aromatic carbocycles. The van der Waals surface area contributed by atoms with Gasteiger partial charge in [0.1, 0.15) is 5.75 Å². The van der Waals surface area contributed by atoms with Crippen LogP contribution < -0.4 is 9.64 Å². The number of anilines is 1. The maximum absolute atomic E-state index is 12.6. The summed E-state index contributed by atoms with van der Waals surface area (Å²) in [5.41, 5.74) is -1.32. The Labute approximate surface area is 139 Å². The summed E-state index contributed by atoms with van der Waals surface area (Å²) in [5.74, 6) is -1.79. The minimum Gasteiger partial charge on any atom is -0.461 e. The molecule has 0 radical (unpaired) electrons. The summed E-state index contributed by atoms with van der Waals surface area (Å²) in [4.78, 5) is 30.9. The van der Waals surface area contributed by atoms with Gasteiger partial charge in [0.2, 0.25) is 5.60 Å². The maximum Gasteiger partial charge on any atom is 0.573 e. The molecule has 0 fully saturated rings. The van der Waals surface area contributed by atoms with Crippen LogP contribution in [0.15, 0.2) is 23.4 Å². The Balaban J connectivity index is 1.97. The van der Waals surface area contributed by atoms with Crippen LogP contribution in [0.5, 0.6) is 5.75 Å². The van der Waals surface area contributed by atoms with Gasteiger partial charge in [0, 0.05) is 12.6 Å². The molecule has 0 aromatic heterocycles. The van der Waals surface area contributed by atoms with E-state index in [0.717, 1.165) is 12.1 Å². The van der Waals surface area contributed by atoms with Crippen molar-refractivity contribution in [2.24, 2.45) is 5.16 Å². The first-order chi connectivity index (χ1) is 11.7. The fraction of sp³-hybridized carbons (Fsp3) is 0.400. The molecule has 0 bridgehead atoms. The zero-order valence-corrected chi connectivity index (χ0v) is 13.2. The van der Waals surface area contributed by atoms with Crippen molar-refractivity contribution in [1.82, 2.24) is 0 Å². The van der Waals surface area contributed by atoms with Crippen LogP contribution in [-0.2, 0) is 24.8 Å².